The Bertz CT molecular complexity index is 177. The van der Waals surface area contributed by atoms with E-state index < -0.39 is 23.8 Å². The van der Waals surface area contributed by atoms with E-state index in [-0.39, 0.29) is 0 Å². The van der Waals surface area contributed by atoms with Crippen molar-refractivity contribution in [2.75, 3.05) is 14.2 Å². The molecule has 4 atom stereocenters. The lowest BCUT2D eigenvalue weighted by atomic mass is 10.1. The average molecular weight is 192 g/mol. The van der Waals surface area contributed by atoms with Crippen molar-refractivity contribution in [3.05, 3.63) is 0 Å². The molecule has 0 amide bonds. The summed E-state index contributed by atoms with van der Waals surface area (Å²) in [7, 11) is 2.80. The van der Waals surface area contributed by atoms with Crippen LogP contribution in [0.3, 0.4) is 0 Å². The highest BCUT2D eigenvalue weighted by atomic mass is 16.8. The van der Waals surface area contributed by atoms with Crippen LogP contribution in [0.1, 0.15) is 13.8 Å². The Hall–Kier alpha value is -0.200. The van der Waals surface area contributed by atoms with Gasteiger partial charge in [-0.2, -0.15) is 0 Å². The third-order valence-corrected chi connectivity index (χ3v) is 2.59. The van der Waals surface area contributed by atoms with Gasteiger partial charge < -0.3 is 24.4 Å². The first-order valence-corrected chi connectivity index (χ1v) is 4.06. The van der Waals surface area contributed by atoms with Gasteiger partial charge in [0, 0.05) is 14.2 Å². The fourth-order valence-electron chi connectivity index (χ4n) is 1.42. The lowest BCUT2D eigenvalue weighted by Crippen LogP contribution is -2.43. The molecule has 0 aromatic carbocycles. The fourth-order valence-corrected chi connectivity index (χ4v) is 1.42. The Labute approximate surface area is 77.2 Å². The molecule has 5 nitrogen and oxygen atoms in total. The molecule has 1 fully saturated rings. The molecule has 1 aliphatic heterocycles. The van der Waals surface area contributed by atoms with Gasteiger partial charge in [0.05, 0.1) is 0 Å². The standard InChI is InChI=1S/C8H16O5/c1-7(11-3)5(9)6(10)8(2,12-4)13-7/h5-6,9-10H,1-4H3. The zero-order valence-electron chi connectivity index (χ0n) is 8.27. The average Bonchev–Trinajstić information content (AvgIpc) is 2.30. The Balaban J connectivity index is 2.90. The molecule has 0 radical (unpaired) electrons. The van der Waals surface area contributed by atoms with Gasteiger partial charge in [-0.15, -0.1) is 0 Å². The van der Waals surface area contributed by atoms with Crippen LogP contribution in [-0.4, -0.2) is 48.2 Å². The van der Waals surface area contributed by atoms with Crippen molar-refractivity contribution in [3.8, 4) is 0 Å². The predicted octanol–water partition coefficient (Wildman–Crippen LogP) is -0.536. The van der Waals surface area contributed by atoms with E-state index in [2.05, 4.69) is 0 Å². The van der Waals surface area contributed by atoms with Gasteiger partial charge in [0.25, 0.3) is 0 Å². The van der Waals surface area contributed by atoms with E-state index in [0.717, 1.165) is 0 Å². The van der Waals surface area contributed by atoms with Crippen LogP contribution in [0.2, 0.25) is 0 Å². The van der Waals surface area contributed by atoms with Crippen LogP contribution >= 0.6 is 0 Å². The van der Waals surface area contributed by atoms with Crippen molar-refractivity contribution in [2.45, 2.75) is 37.6 Å². The molecule has 1 heterocycles. The summed E-state index contributed by atoms with van der Waals surface area (Å²) in [6.07, 6.45) is -2.25. The zero-order valence-corrected chi connectivity index (χ0v) is 8.27. The van der Waals surface area contributed by atoms with Crippen LogP contribution in [0.5, 0.6) is 0 Å². The van der Waals surface area contributed by atoms with Gasteiger partial charge in [0.1, 0.15) is 12.2 Å². The molecular weight excluding hydrogens is 176 g/mol. The summed E-state index contributed by atoms with van der Waals surface area (Å²) in [5.74, 6) is -2.44. The first-order valence-electron chi connectivity index (χ1n) is 4.06. The maximum absolute atomic E-state index is 9.60. The van der Waals surface area contributed by atoms with E-state index in [1.165, 1.54) is 14.2 Å². The number of aliphatic hydroxyl groups is 2. The second kappa shape index (κ2) is 3.18. The summed E-state index contributed by atoms with van der Waals surface area (Å²) in [6, 6.07) is 0. The molecule has 2 N–H and O–H groups in total. The number of hydrogen-bond donors (Lipinski definition) is 2. The highest BCUT2D eigenvalue weighted by Crippen LogP contribution is 2.38. The van der Waals surface area contributed by atoms with Crippen molar-refractivity contribution < 1.29 is 24.4 Å². The van der Waals surface area contributed by atoms with E-state index in [0.29, 0.717) is 0 Å². The summed E-state index contributed by atoms with van der Waals surface area (Å²) in [5.41, 5.74) is 0. The topological polar surface area (TPSA) is 68.2 Å². The molecule has 0 saturated carbocycles. The minimum Gasteiger partial charge on any atom is -0.385 e. The van der Waals surface area contributed by atoms with Crippen LogP contribution in [0, 0.1) is 0 Å². The van der Waals surface area contributed by atoms with Crippen LogP contribution < -0.4 is 0 Å². The third-order valence-electron chi connectivity index (χ3n) is 2.59. The normalized spacial score (nSPS) is 51.2. The summed E-state index contributed by atoms with van der Waals surface area (Å²) in [4.78, 5) is 0. The molecule has 0 aliphatic carbocycles. The first-order chi connectivity index (χ1) is 5.89. The smallest absolute Gasteiger partial charge is 0.197 e. The van der Waals surface area contributed by atoms with Gasteiger partial charge in [-0.1, -0.05) is 0 Å². The monoisotopic (exact) mass is 192 g/mol. The molecule has 5 heteroatoms. The molecule has 0 aromatic rings. The zero-order chi connectivity index (χ0) is 10.3. The molecule has 78 valence electrons. The minimum absolute atomic E-state index is 1.12. The van der Waals surface area contributed by atoms with Gasteiger partial charge in [-0.05, 0) is 13.8 Å². The third kappa shape index (κ3) is 1.47. The first kappa shape index (κ1) is 10.9. The van der Waals surface area contributed by atoms with Crippen molar-refractivity contribution in [2.24, 2.45) is 0 Å². The van der Waals surface area contributed by atoms with Gasteiger partial charge in [0.15, 0.2) is 11.6 Å². The minimum atomic E-state index is -1.22. The van der Waals surface area contributed by atoms with E-state index in [9.17, 15) is 10.2 Å². The quantitative estimate of drug-likeness (QED) is 0.615. The van der Waals surface area contributed by atoms with Gasteiger partial charge in [-0.3, -0.25) is 0 Å². The van der Waals surface area contributed by atoms with Crippen LogP contribution in [0.15, 0.2) is 0 Å². The number of methoxy groups -OCH3 is 2. The Morgan fingerprint density at radius 2 is 1.31 bits per heavy atom. The number of rotatable bonds is 2. The van der Waals surface area contributed by atoms with Crippen molar-refractivity contribution in [1.82, 2.24) is 0 Å². The summed E-state index contributed by atoms with van der Waals surface area (Å²) < 4.78 is 15.2. The van der Waals surface area contributed by atoms with Crippen molar-refractivity contribution in [1.29, 1.82) is 0 Å². The number of aliphatic hydroxyl groups excluding tert-OH is 2. The molecule has 1 rings (SSSR count). The molecule has 13 heavy (non-hydrogen) atoms. The lowest BCUT2D eigenvalue weighted by Gasteiger charge is -2.28. The Morgan fingerprint density at radius 1 is 1.00 bits per heavy atom. The van der Waals surface area contributed by atoms with Crippen molar-refractivity contribution in [3.63, 3.8) is 0 Å². The summed E-state index contributed by atoms with van der Waals surface area (Å²) >= 11 is 0. The van der Waals surface area contributed by atoms with E-state index >= 15 is 0 Å². The fraction of sp³-hybridized carbons (Fsp3) is 1.00. The predicted molar refractivity (Wildman–Crippen MR) is 43.9 cm³/mol. The largest absolute Gasteiger partial charge is 0.385 e. The van der Waals surface area contributed by atoms with Crippen molar-refractivity contribution >= 4 is 0 Å². The summed E-state index contributed by atoms with van der Waals surface area (Å²) in [5, 5.41) is 19.2. The summed E-state index contributed by atoms with van der Waals surface area (Å²) in [6.45, 7) is 3.09. The van der Waals surface area contributed by atoms with E-state index in [1.54, 1.807) is 13.8 Å². The number of ether oxygens (including phenoxy) is 3. The second-order valence-electron chi connectivity index (χ2n) is 3.43. The maximum Gasteiger partial charge on any atom is 0.197 e. The van der Waals surface area contributed by atoms with Crippen LogP contribution in [-0.2, 0) is 14.2 Å². The molecule has 0 aromatic heterocycles. The van der Waals surface area contributed by atoms with E-state index in [4.69, 9.17) is 14.2 Å². The van der Waals surface area contributed by atoms with Gasteiger partial charge in [0.2, 0.25) is 0 Å². The molecular formula is C8H16O5. The van der Waals surface area contributed by atoms with Crippen LogP contribution in [0.4, 0.5) is 0 Å². The molecule has 1 aliphatic rings. The second-order valence-corrected chi connectivity index (χ2v) is 3.43. The maximum atomic E-state index is 9.60. The number of hydrogen-bond acceptors (Lipinski definition) is 5. The highest BCUT2D eigenvalue weighted by Gasteiger charge is 2.58. The lowest BCUT2D eigenvalue weighted by molar-refractivity contribution is -0.309. The van der Waals surface area contributed by atoms with Gasteiger partial charge in [-0.25, -0.2) is 0 Å². The molecule has 1 saturated heterocycles. The van der Waals surface area contributed by atoms with E-state index in [1.807, 2.05) is 0 Å². The molecule has 0 bridgehead atoms. The molecule has 0 spiro atoms. The van der Waals surface area contributed by atoms with Gasteiger partial charge >= 0.3 is 0 Å². The highest BCUT2D eigenvalue weighted by molar-refractivity contribution is 4.97. The molecule has 4 unspecified atom stereocenters. The Morgan fingerprint density at radius 3 is 1.46 bits per heavy atom. The Kier molecular flexibility index (Phi) is 2.66. The van der Waals surface area contributed by atoms with Crippen LogP contribution in [0.25, 0.3) is 0 Å². The SMILES string of the molecule is COC1(C)OC(C)(OC)C(O)C1O.